The van der Waals surface area contributed by atoms with Crippen LogP contribution in [0.5, 0.6) is 0 Å². The zero-order chi connectivity index (χ0) is 18.5. The third-order valence-corrected chi connectivity index (χ3v) is 5.32. The van der Waals surface area contributed by atoms with Gasteiger partial charge in [0.25, 0.3) is 0 Å². The third-order valence-electron chi connectivity index (χ3n) is 5.32. The Labute approximate surface area is 156 Å². The van der Waals surface area contributed by atoms with Gasteiger partial charge in [-0.2, -0.15) is 0 Å². The molecule has 144 valence electrons. The van der Waals surface area contributed by atoms with Gasteiger partial charge >= 0.3 is 0 Å². The average Bonchev–Trinajstić information content (AvgIpc) is 2.68. The molecule has 2 aliphatic rings. The van der Waals surface area contributed by atoms with Crippen LogP contribution in [0.15, 0.2) is 6.07 Å². The van der Waals surface area contributed by atoms with Gasteiger partial charge in [-0.05, 0) is 33.4 Å². The molecule has 0 saturated carbocycles. The first-order valence-corrected chi connectivity index (χ1v) is 9.71. The van der Waals surface area contributed by atoms with Crippen molar-refractivity contribution >= 4 is 11.7 Å². The van der Waals surface area contributed by atoms with E-state index in [9.17, 15) is 4.79 Å². The van der Waals surface area contributed by atoms with Crippen molar-refractivity contribution in [2.24, 2.45) is 0 Å². The Morgan fingerprint density at radius 2 is 2.08 bits per heavy atom. The third kappa shape index (κ3) is 4.71. The number of carbonyl (C=O) groups excluding carboxylic acids is 1. The van der Waals surface area contributed by atoms with E-state index in [1.165, 1.54) is 0 Å². The van der Waals surface area contributed by atoms with E-state index in [-0.39, 0.29) is 5.91 Å². The summed E-state index contributed by atoms with van der Waals surface area (Å²) in [5.74, 6) is 2.31. The molecule has 0 radical (unpaired) electrons. The molecule has 26 heavy (non-hydrogen) atoms. The quantitative estimate of drug-likeness (QED) is 0.787. The number of hydrogen-bond acceptors (Lipinski definition) is 6. The fraction of sp³-hybridized carbons (Fsp3) is 0.737. The Kier molecular flexibility index (Phi) is 6.43. The maximum atomic E-state index is 12.6. The standard InChI is InChI=1S/C19H31N5O2/c1-4-22(3)14-19(25)24-7-5-6-16(13-24)17-12-18(21-15(2)20-17)23-8-10-26-11-9-23/h12,16H,4-11,13-14H2,1-3H3. The molecule has 0 spiro atoms. The van der Waals surface area contributed by atoms with Crippen LogP contribution >= 0.6 is 0 Å². The van der Waals surface area contributed by atoms with E-state index in [1.807, 2.05) is 18.9 Å². The van der Waals surface area contributed by atoms with Crippen LogP contribution in [0, 0.1) is 6.92 Å². The van der Waals surface area contributed by atoms with Gasteiger partial charge in [0.2, 0.25) is 5.91 Å². The Balaban J connectivity index is 1.71. The van der Waals surface area contributed by atoms with Crippen molar-refractivity contribution in [1.29, 1.82) is 0 Å². The molecule has 0 aliphatic carbocycles. The van der Waals surface area contributed by atoms with Crippen molar-refractivity contribution in [1.82, 2.24) is 19.8 Å². The summed E-state index contributed by atoms with van der Waals surface area (Å²) in [4.78, 5) is 28.2. The monoisotopic (exact) mass is 361 g/mol. The SMILES string of the molecule is CCN(C)CC(=O)N1CCCC(c2cc(N3CCOCC3)nc(C)n2)C1. The summed E-state index contributed by atoms with van der Waals surface area (Å²) in [6.07, 6.45) is 2.11. The molecule has 1 aromatic heterocycles. The minimum absolute atomic E-state index is 0.221. The first-order valence-electron chi connectivity index (χ1n) is 9.71. The fourth-order valence-corrected chi connectivity index (χ4v) is 3.63. The van der Waals surface area contributed by atoms with E-state index in [0.29, 0.717) is 12.5 Å². The maximum absolute atomic E-state index is 12.6. The van der Waals surface area contributed by atoms with Crippen molar-refractivity contribution in [3.8, 4) is 0 Å². The van der Waals surface area contributed by atoms with Crippen LogP contribution in [0.3, 0.4) is 0 Å². The van der Waals surface area contributed by atoms with Crippen LogP contribution < -0.4 is 4.90 Å². The molecule has 2 aliphatic heterocycles. The Morgan fingerprint density at radius 3 is 2.81 bits per heavy atom. The van der Waals surface area contributed by atoms with Gasteiger partial charge in [0, 0.05) is 38.2 Å². The number of nitrogens with zero attached hydrogens (tertiary/aromatic N) is 5. The van der Waals surface area contributed by atoms with Gasteiger partial charge in [0.05, 0.1) is 25.5 Å². The molecule has 0 aromatic carbocycles. The predicted octanol–water partition coefficient (Wildman–Crippen LogP) is 1.28. The largest absolute Gasteiger partial charge is 0.378 e. The molecule has 0 N–H and O–H groups in total. The molecule has 0 bridgehead atoms. The number of morpholine rings is 1. The van der Waals surface area contributed by atoms with Crippen molar-refractivity contribution in [3.63, 3.8) is 0 Å². The molecule has 2 fully saturated rings. The summed E-state index contributed by atoms with van der Waals surface area (Å²) in [6.45, 7) is 10.2. The Hall–Kier alpha value is -1.73. The van der Waals surface area contributed by atoms with Crippen LogP contribution in [-0.2, 0) is 9.53 Å². The summed E-state index contributed by atoms with van der Waals surface area (Å²) in [7, 11) is 1.99. The second-order valence-corrected chi connectivity index (χ2v) is 7.31. The van der Waals surface area contributed by atoms with E-state index in [2.05, 4.69) is 27.8 Å². The highest BCUT2D eigenvalue weighted by molar-refractivity contribution is 5.78. The van der Waals surface area contributed by atoms with Crippen molar-refractivity contribution < 1.29 is 9.53 Å². The van der Waals surface area contributed by atoms with Crippen LogP contribution in [0.2, 0.25) is 0 Å². The molecule has 2 saturated heterocycles. The summed E-state index contributed by atoms with van der Waals surface area (Å²) >= 11 is 0. The number of aryl methyl sites for hydroxylation is 1. The summed E-state index contributed by atoms with van der Waals surface area (Å²) < 4.78 is 5.45. The zero-order valence-electron chi connectivity index (χ0n) is 16.3. The predicted molar refractivity (Wildman–Crippen MR) is 102 cm³/mol. The molecular formula is C19H31N5O2. The number of hydrogen-bond donors (Lipinski definition) is 0. The van der Waals surface area contributed by atoms with Crippen molar-refractivity contribution in [3.05, 3.63) is 17.6 Å². The van der Waals surface area contributed by atoms with Gasteiger partial charge < -0.3 is 14.5 Å². The average molecular weight is 361 g/mol. The number of anilines is 1. The lowest BCUT2D eigenvalue weighted by Gasteiger charge is -2.34. The zero-order valence-corrected chi connectivity index (χ0v) is 16.3. The molecule has 1 amide bonds. The van der Waals surface area contributed by atoms with Crippen LogP contribution in [0.1, 0.15) is 37.2 Å². The lowest BCUT2D eigenvalue weighted by Crippen LogP contribution is -2.44. The van der Waals surface area contributed by atoms with Crippen molar-refractivity contribution in [2.75, 3.05) is 64.4 Å². The minimum atomic E-state index is 0.221. The highest BCUT2D eigenvalue weighted by Crippen LogP contribution is 2.28. The van der Waals surface area contributed by atoms with Gasteiger partial charge in [-0.15, -0.1) is 0 Å². The van der Waals surface area contributed by atoms with Crippen LogP contribution in [0.25, 0.3) is 0 Å². The first kappa shape index (κ1) is 19.0. The molecule has 7 nitrogen and oxygen atoms in total. The number of aromatic nitrogens is 2. The Morgan fingerprint density at radius 1 is 1.31 bits per heavy atom. The second kappa shape index (κ2) is 8.77. The van der Waals surface area contributed by atoms with Gasteiger partial charge in [-0.1, -0.05) is 6.92 Å². The molecule has 1 atom stereocenters. The van der Waals surface area contributed by atoms with E-state index in [1.54, 1.807) is 0 Å². The number of rotatable bonds is 5. The van der Waals surface area contributed by atoms with E-state index in [4.69, 9.17) is 9.72 Å². The van der Waals surface area contributed by atoms with E-state index >= 15 is 0 Å². The lowest BCUT2D eigenvalue weighted by atomic mass is 9.94. The molecule has 1 unspecified atom stereocenters. The number of amides is 1. The van der Waals surface area contributed by atoms with Gasteiger partial charge in [0.1, 0.15) is 11.6 Å². The molecule has 3 heterocycles. The number of carbonyl (C=O) groups is 1. The van der Waals surface area contributed by atoms with Crippen LogP contribution in [0.4, 0.5) is 5.82 Å². The topological polar surface area (TPSA) is 61.8 Å². The normalized spacial score (nSPS) is 21.3. The number of piperidine rings is 1. The lowest BCUT2D eigenvalue weighted by molar-refractivity contribution is -0.133. The maximum Gasteiger partial charge on any atom is 0.236 e. The first-order chi connectivity index (χ1) is 12.6. The highest BCUT2D eigenvalue weighted by atomic mass is 16.5. The second-order valence-electron chi connectivity index (χ2n) is 7.31. The Bertz CT molecular complexity index is 618. The molecule has 3 rings (SSSR count). The smallest absolute Gasteiger partial charge is 0.236 e. The highest BCUT2D eigenvalue weighted by Gasteiger charge is 2.27. The fourth-order valence-electron chi connectivity index (χ4n) is 3.63. The van der Waals surface area contributed by atoms with E-state index < -0.39 is 0 Å². The number of ether oxygens (including phenoxy) is 1. The number of likely N-dealkylation sites (N-methyl/N-ethyl adjacent to an activating group) is 1. The molecule has 1 aromatic rings. The molecular weight excluding hydrogens is 330 g/mol. The summed E-state index contributed by atoms with van der Waals surface area (Å²) in [5.41, 5.74) is 1.07. The number of likely N-dealkylation sites (tertiary alicyclic amines) is 1. The summed E-state index contributed by atoms with van der Waals surface area (Å²) in [5, 5.41) is 0. The minimum Gasteiger partial charge on any atom is -0.378 e. The van der Waals surface area contributed by atoms with Gasteiger partial charge in [-0.25, -0.2) is 9.97 Å². The van der Waals surface area contributed by atoms with Gasteiger partial charge in [-0.3, -0.25) is 9.69 Å². The van der Waals surface area contributed by atoms with Crippen molar-refractivity contribution in [2.45, 2.75) is 32.6 Å². The summed E-state index contributed by atoms with van der Waals surface area (Å²) in [6, 6.07) is 2.12. The van der Waals surface area contributed by atoms with E-state index in [0.717, 1.165) is 76.1 Å². The van der Waals surface area contributed by atoms with Gasteiger partial charge in [0.15, 0.2) is 0 Å². The molecule has 7 heteroatoms. The van der Waals surface area contributed by atoms with Crippen LogP contribution in [-0.4, -0.2) is 85.2 Å².